The SMILES string of the molecule is Cc1ccc(OC(F)F)c(Cn2c3cc(-c4ccc(C(C)(C)NC(=O)O)nc4)c(F)cc3c(=O)n2C)c1. The molecule has 37 heavy (non-hydrogen) atoms. The van der Waals surface area contributed by atoms with Crippen molar-refractivity contribution in [1.82, 2.24) is 19.7 Å². The van der Waals surface area contributed by atoms with Crippen molar-refractivity contribution >= 4 is 17.0 Å². The van der Waals surface area contributed by atoms with Crippen molar-refractivity contribution in [3.63, 3.8) is 0 Å². The van der Waals surface area contributed by atoms with Gasteiger partial charge in [0.05, 0.1) is 28.7 Å². The van der Waals surface area contributed by atoms with Gasteiger partial charge in [-0.3, -0.25) is 19.1 Å². The number of aromatic nitrogens is 3. The van der Waals surface area contributed by atoms with Crippen LogP contribution in [0.15, 0.2) is 53.5 Å². The predicted octanol–water partition coefficient (Wildman–Crippen LogP) is 5.00. The maximum atomic E-state index is 15.1. The molecule has 0 bridgehead atoms. The predicted molar refractivity (Wildman–Crippen MR) is 131 cm³/mol. The van der Waals surface area contributed by atoms with E-state index in [2.05, 4.69) is 15.0 Å². The van der Waals surface area contributed by atoms with Crippen LogP contribution >= 0.6 is 0 Å². The molecule has 0 radical (unpaired) electrons. The number of nitrogens with zero attached hydrogens (tertiary/aromatic N) is 3. The number of carboxylic acid groups (broad SMARTS) is 1. The van der Waals surface area contributed by atoms with Gasteiger partial charge >= 0.3 is 12.7 Å². The van der Waals surface area contributed by atoms with Gasteiger partial charge < -0.3 is 15.2 Å². The van der Waals surface area contributed by atoms with Gasteiger partial charge in [0.2, 0.25) is 0 Å². The Morgan fingerprint density at radius 2 is 1.92 bits per heavy atom. The summed E-state index contributed by atoms with van der Waals surface area (Å²) >= 11 is 0. The van der Waals surface area contributed by atoms with E-state index in [4.69, 9.17) is 5.11 Å². The summed E-state index contributed by atoms with van der Waals surface area (Å²) in [6, 6.07) is 10.6. The van der Waals surface area contributed by atoms with Crippen molar-refractivity contribution in [2.24, 2.45) is 7.05 Å². The van der Waals surface area contributed by atoms with Crippen LogP contribution in [0.25, 0.3) is 22.0 Å². The molecular weight excluding hydrogens is 489 g/mol. The first-order chi connectivity index (χ1) is 17.4. The minimum atomic E-state index is -3.02. The highest BCUT2D eigenvalue weighted by Crippen LogP contribution is 2.30. The van der Waals surface area contributed by atoms with Crippen molar-refractivity contribution in [3.8, 4) is 16.9 Å². The van der Waals surface area contributed by atoms with Crippen molar-refractivity contribution in [2.75, 3.05) is 0 Å². The molecule has 2 aromatic heterocycles. The van der Waals surface area contributed by atoms with E-state index < -0.39 is 29.6 Å². The van der Waals surface area contributed by atoms with E-state index in [-0.39, 0.29) is 23.2 Å². The van der Waals surface area contributed by atoms with Crippen LogP contribution in [0.5, 0.6) is 5.75 Å². The monoisotopic (exact) mass is 514 g/mol. The third kappa shape index (κ3) is 5.16. The Labute approximate surface area is 209 Å². The number of hydrogen-bond acceptors (Lipinski definition) is 4. The van der Waals surface area contributed by atoms with Crippen LogP contribution in [-0.2, 0) is 19.1 Å². The van der Waals surface area contributed by atoms with Crippen molar-refractivity contribution < 1.29 is 27.8 Å². The molecular formula is C26H25F3N4O4. The van der Waals surface area contributed by atoms with E-state index in [0.717, 1.165) is 11.6 Å². The molecule has 0 unspecified atom stereocenters. The largest absolute Gasteiger partial charge is 0.465 e. The number of carbonyl (C=O) groups is 1. The molecule has 2 aromatic carbocycles. The summed E-state index contributed by atoms with van der Waals surface area (Å²) in [4.78, 5) is 28.2. The van der Waals surface area contributed by atoms with E-state index in [1.54, 1.807) is 49.7 Å². The molecule has 0 fully saturated rings. The fraction of sp³-hybridized carbons (Fsp3) is 0.269. The van der Waals surface area contributed by atoms with E-state index in [0.29, 0.717) is 22.3 Å². The second-order valence-electron chi connectivity index (χ2n) is 9.21. The summed E-state index contributed by atoms with van der Waals surface area (Å²) in [7, 11) is 1.51. The van der Waals surface area contributed by atoms with Gasteiger partial charge in [-0.1, -0.05) is 23.8 Å². The van der Waals surface area contributed by atoms with Crippen LogP contribution in [0.4, 0.5) is 18.0 Å². The first kappa shape index (κ1) is 25.8. The summed E-state index contributed by atoms with van der Waals surface area (Å²) in [6.45, 7) is 2.11. The lowest BCUT2D eigenvalue weighted by Gasteiger charge is -2.24. The van der Waals surface area contributed by atoms with E-state index in [9.17, 15) is 18.4 Å². The third-order valence-corrected chi connectivity index (χ3v) is 6.14. The van der Waals surface area contributed by atoms with E-state index >= 15 is 4.39 Å². The lowest BCUT2D eigenvalue weighted by Crippen LogP contribution is -2.40. The fourth-order valence-electron chi connectivity index (χ4n) is 4.26. The number of rotatable bonds is 7. The van der Waals surface area contributed by atoms with Crippen LogP contribution in [0.1, 0.15) is 30.7 Å². The summed E-state index contributed by atoms with van der Waals surface area (Å²) in [5.41, 5.74) is 1.23. The zero-order valence-corrected chi connectivity index (χ0v) is 20.6. The highest BCUT2D eigenvalue weighted by Gasteiger charge is 2.24. The van der Waals surface area contributed by atoms with Crippen molar-refractivity contribution in [2.45, 2.75) is 39.5 Å². The lowest BCUT2D eigenvalue weighted by atomic mass is 9.98. The molecule has 0 spiro atoms. The number of ether oxygens (including phenoxy) is 1. The zero-order chi connectivity index (χ0) is 27.1. The molecule has 0 atom stereocenters. The highest BCUT2D eigenvalue weighted by atomic mass is 19.3. The van der Waals surface area contributed by atoms with Crippen LogP contribution in [0.3, 0.4) is 0 Å². The molecule has 0 aliphatic carbocycles. The fourth-order valence-corrected chi connectivity index (χ4v) is 4.26. The van der Waals surface area contributed by atoms with E-state index in [1.165, 1.54) is 30.1 Å². The topological polar surface area (TPSA) is 98.4 Å². The van der Waals surface area contributed by atoms with Crippen LogP contribution in [0, 0.1) is 12.7 Å². The highest BCUT2D eigenvalue weighted by molar-refractivity contribution is 5.85. The van der Waals surface area contributed by atoms with Crippen molar-refractivity contribution in [1.29, 1.82) is 0 Å². The van der Waals surface area contributed by atoms with Gasteiger partial charge in [0.1, 0.15) is 11.6 Å². The molecule has 1 amide bonds. The van der Waals surface area contributed by atoms with Gasteiger partial charge in [0.15, 0.2) is 0 Å². The minimum absolute atomic E-state index is 0.0189. The molecule has 0 aliphatic rings. The maximum absolute atomic E-state index is 15.1. The maximum Gasteiger partial charge on any atom is 0.405 e. The molecule has 2 heterocycles. The summed E-state index contributed by atoms with van der Waals surface area (Å²) in [6.07, 6.45) is 0.218. The van der Waals surface area contributed by atoms with Gasteiger partial charge in [0, 0.05) is 29.9 Å². The number of amides is 1. The van der Waals surface area contributed by atoms with Gasteiger partial charge in [-0.25, -0.2) is 9.18 Å². The van der Waals surface area contributed by atoms with Gasteiger partial charge in [-0.2, -0.15) is 8.78 Å². The molecule has 0 saturated carbocycles. The Kier molecular flexibility index (Phi) is 6.72. The van der Waals surface area contributed by atoms with Gasteiger partial charge in [0.25, 0.3) is 5.56 Å². The quantitative estimate of drug-likeness (QED) is 0.362. The van der Waals surface area contributed by atoms with Crippen molar-refractivity contribution in [3.05, 3.63) is 81.7 Å². The number of alkyl halides is 2. The average Bonchev–Trinajstić information content (AvgIpc) is 3.03. The lowest BCUT2D eigenvalue weighted by molar-refractivity contribution is -0.0505. The smallest absolute Gasteiger partial charge is 0.405 e. The first-order valence-corrected chi connectivity index (χ1v) is 11.3. The molecule has 0 saturated heterocycles. The van der Waals surface area contributed by atoms with Crippen LogP contribution < -0.4 is 15.6 Å². The first-order valence-electron chi connectivity index (χ1n) is 11.3. The number of pyridine rings is 1. The number of nitrogens with one attached hydrogen (secondary N) is 1. The number of benzene rings is 2. The standard InChI is InChI=1S/C26H25F3N4O4/c1-14-5-7-21(37-24(28)29)16(9-14)13-33-20-11-17(19(27)10-18(20)23(34)32(33)4)15-6-8-22(30-12-15)26(2,3)31-25(35)36/h5-12,24,31H,13H2,1-4H3,(H,35,36). The Bertz CT molecular complexity index is 1540. The summed E-state index contributed by atoms with van der Waals surface area (Å²) in [5, 5.41) is 11.5. The number of fused-ring (bicyclic) bond motifs is 1. The molecule has 4 rings (SSSR count). The van der Waals surface area contributed by atoms with Crippen LogP contribution in [0.2, 0.25) is 0 Å². The molecule has 2 N–H and O–H groups in total. The normalized spacial score (nSPS) is 11.8. The summed E-state index contributed by atoms with van der Waals surface area (Å²) < 4.78 is 48.6. The van der Waals surface area contributed by atoms with Crippen LogP contribution in [-0.4, -0.2) is 32.2 Å². The third-order valence-electron chi connectivity index (χ3n) is 6.14. The minimum Gasteiger partial charge on any atom is -0.465 e. The number of aryl methyl sites for hydroxylation is 1. The zero-order valence-electron chi connectivity index (χ0n) is 20.6. The van der Waals surface area contributed by atoms with E-state index in [1.807, 2.05) is 0 Å². The van der Waals surface area contributed by atoms with Gasteiger partial charge in [-0.05, 0) is 45.0 Å². The Morgan fingerprint density at radius 3 is 2.54 bits per heavy atom. The second kappa shape index (κ2) is 9.64. The molecule has 8 nitrogen and oxygen atoms in total. The molecule has 194 valence electrons. The van der Waals surface area contributed by atoms with Gasteiger partial charge in [-0.15, -0.1) is 0 Å². The Morgan fingerprint density at radius 1 is 1.19 bits per heavy atom. The Balaban J connectivity index is 1.80. The molecule has 4 aromatic rings. The number of hydrogen-bond donors (Lipinski definition) is 2. The second-order valence-corrected chi connectivity index (χ2v) is 9.21. The number of halogens is 3. The summed E-state index contributed by atoms with van der Waals surface area (Å²) in [5.74, 6) is -0.660. The average molecular weight is 515 g/mol. The molecule has 11 heteroatoms. The Hall–Kier alpha value is -4.28. The molecule has 0 aliphatic heterocycles.